The van der Waals surface area contributed by atoms with Gasteiger partial charge in [-0.2, -0.15) is 0 Å². The van der Waals surface area contributed by atoms with E-state index in [1.165, 1.54) is 4.90 Å². The highest BCUT2D eigenvalue weighted by Gasteiger charge is 2.64. The van der Waals surface area contributed by atoms with Crippen LogP contribution < -0.4 is 10.6 Å². The highest BCUT2D eigenvalue weighted by atomic mass is 16.3. The molecule has 1 amide bonds. The number of aromatic hydroxyl groups is 1. The van der Waals surface area contributed by atoms with Gasteiger partial charge in [0, 0.05) is 36.8 Å². The Morgan fingerprint density at radius 1 is 1.18 bits per heavy atom. The van der Waals surface area contributed by atoms with E-state index in [0.717, 1.165) is 18.5 Å². The molecule has 0 radical (unpaired) electrons. The number of Topliss-reactive ketones (excluding diaryl/α,β-unsaturated/α-hetero) is 2. The summed E-state index contributed by atoms with van der Waals surface area (Å²) in [5.41, 5.74) is 3.65. The van der Waals surface area contributed by atoms with Crippen LogP contribution in [0.5, 0.6) is 5.75 Å². The molecule has 4 atom stereocenters. The van der Waals surface area contributed by atoms with E-state index in [2.05, 4.69) is 0 Å². The number of amides is 1. The molecule has 6 N–H and O–H groups in total. The lowest BCUT2D eigenvalue weighted by Gasteiger charge is -2.50. The SMILES string of the molecule is CCC/C=C/c1cc(N(C)C)c2c(c1O)C(O)=C1C(=O)[C@@]3(O)C(O)=C(C(N)=O)C(=O)[C@H](N(C)C)[C@H]3C[C@H]1C2. The van der Waals surface area contributed by atoms with E-state index in [1.807, 2.05) is 38.1 Å². The molecule has 0 unspecified atom stereocenters. The Hall–Kier alpha value is -3.63. The highest BCUT2D eigenvalue weighted by Crippen LogP contribution is 2.54. The summed E-state index contributed by atoms with van der Waals surface area (Å²) in [7, 11) is 6.82. The van der Waals surface area contributed by atoms with E-state index in [4.69, 9.17) is 5.73 Å². The lowest BCUT2D eigenvalue weighted by atomic mass is 9.57. The second-order valence-corrected chi connectivity index (χ2v) is 10.7. The number of rotatable bonds is 6. The Bertz CT molecular complexity index is 1320. The first-order valence-electron chi connectivity index (χ1n) is 12.7. The zero-order chi connectivity index (χ0) is 28.3. The summed E-state index contributed by atoms with van der Waals surface area (Å²) in [5, 5.41) is 45.3. The maximum absolute atomic E-state index is 14.0. The minimum Gasteiger partial charge on any atom is -0.508 e. The van der Waals surface area contributed by atoms with Gasteiger partial charge in [-0.15, -0.1) is 0 Å². The summed E-state index contributed by atoms with van der Waals surface area (Å²) in [6.07, 6.45) is 5.66. The number of carbonyl (C=O) groups excluding carboxylic acids is 3. The molecule has 0 spiro atoms. The van der Waals surface area contributed by atoms with Crippen LogP contribution in [0.15, 0.2) is 29.0 Å². The zero-order valence-electron chi connectivity index (χ0n) is 22.3. The fraction of sp³-hybridized carbons (Fsp3) is 0.464. The summed E-state index contributed by atoms with van der Waals surface area (Å²) in [6.45, 7) is 2.03. The summed E-state index contributed by atoms with van der Waals surface area (Å²) in [5.74, 6) is -6.56. The number of anilines is 1. The average Bonchev–Trinajstić information content (AvgIpc) is 2.82. The van der Waals surface area contributed by atoms with Crippen LogP contribution in [0.4, 0.5) is 5.69 Å². The number of nitrogens with two attached hydrogens (primary N) is 1. The van der Waals surface area contributed by atoms with E-state index in [0.29, 0.717) is 11.1 Å². The third kappa shape index (κ3) is 3.82. The number of aliphatic hydroxyl groups excluding tert-OH is 2. The number of unbranched alkanes of at least 4 members (excludes halogenated alkanes) is 1. The van der Waals surface area contributed by atoms with E-state index in [-0.39, 0.29) is 29.7 Å². The third-order valence-corrected chi connectivity index (χ3v) is 7.96. The Morgan fingerprint density at radius 2 is 1.84 bits per heavy atom. The van der Waals surface area contributed by atoms with Crippen LogP contribution in [0.25, 0.3) is 11.8 Å². The van der Waals surface area contributed by atoms with Crippen molar-refractivity contribution in [3.63, 3.8) is 0 Å². The fourth-order valence-corrected chi connectivity index (χ4v) is 6.22. The molecule has 1 saturated carbocycles. The minimum absolute atomic E-state index is 0.0531. The number of aliphatic hydroxyl groups is 3. The van der Waals surface area contributed by atoms with Crippen LogP contribution in [0.1, 0.15) is 42.9 Å². The van der Waals surface area contributed by atoms with Crippen molar-refractivity contribution in [1.82, 2.24) is 4.90 Å². The first-order valence-corrected chi connectivity index (χ1v) is 12.7. The smallest absolute Gasteiger partial charge is 0.255 e. The van der Waals surface area contributed by atoms with Crippen molar-refractivity contribution in [2.45, 2.75) is 44.2 Å². The fourth-order valence-electron chi connectivity index (χ4n) is 6.22. The molecule has 1 aromatic carbocycles. The van der Waals surface area contributed by atoms with Gasteiger partial charge in [0.05, 0.1) is 11.6 Å². The predicted octanol–water partition coefficient (Wildman–Crippen LogP) is 1.84. The quantitative estimate of drug-likeness (QED) is 0.349. The van der Waals surface area contributed by atoms with Crippen molar-refractivity contribution >= 4 is 35.0 Å². The van der Waals surface area contributed by atoms with Gasteiger partial charge in [-0.25, -0.2) is 0 Å². The van der Waals surface area contributed by atoms with Crippen LogP contribution in [-0.2, 0) is 20.8 Å². The van der Waals surface area contributed by atoms with Crippen LogP contribution in [0, 0.1) is 11.8 Å². The van der Waals surface area contributed by atoms with E-state index < -0.39 is 58.0 Å². The largest absolute Gasteiger partial charge is 0.508 e. The summed E-state index contributed by atoms with van der Waals surface area (Å²) >= 11 is 0. The maximum atomic E-state index is 14.0. The number of carbonyl (C=O) groups is 3. The number of allylic oxidation sites excluding steroid dienone is 1. The molecule has 204 valence electrons. The zero-order valence-corrected chi connectivity index (χ0v) is 22.3. The molecule has 0 aromatic heterocycles. The first-order chi connectivity index (χ1) is 17.8. The Labute approximate surface area is 221 Å². The standard InChI is InChI=1S/C28H35N3O7/c1-6-7-8-9-13-12-17(30(2)3)15-10-14-11-16-21(31(4)5)24(34)20(27(29)37)26(36)28(16,38)25(35)18(14)23(33)19(15)22(13)32/h8-9,12,14,16,21,32-33,36,38H,6-7,10-11H2,1-5H3,(H2,29,37)/b9-8+/t14-,16-,21-,28-/m1/s1. The molecule has 0 bridgehead atoms. The van der Waals surface area contributed by atoms with Crippen LogP contribution in [0.3, 0.4) is 0 Å². The summed E-state index contributed by atoms with van der Waals surface area (Å²) in [6, 6.07) is 0.709. The number of hydrogen-bond donors (Lipinski definition) is 5. The number of benzene rings is 1. The van der Waals surface area contributed by atoms with Gasteiger partial charge in [-0.05, 0) is 50.9 Å². The van der Waals surface area contributed by atoms with Gasteiger partial charge in [0.15, 0.2) is 11.4 Å². The molecule has 0 saturated heterocycles. The number of phenolic OH excluding ortho intramolecular Hbond substituents is 1. The van der Waals surface area contributed by atoms with Gasteiger partial charge in [0.2, 0.25) is 5.78 Å². The molecule has 0 aliphatic heterocycles. The molecule has 10 nitrogen and oxygen atoms in total. The van der Waals surface area contributed by atoms with Crippen LogP contribution in [0.2, 0.25) is 0 Å². The van der Waals surface area contributed by atoms with Gasteiger partial charge >= 0.3 is 0 Å². The summed E-state index contributed by atoms with van der Waals surface area (Å²) < 4.78 is 0. The lowest BCUT2D eigenvalue weighted by Crippen LogP contribution is -2.65. The average molecular weight is 526 g/mol. The number of nitrogens with zero attached hydrogens (tertiary/aromatic N) is 2. The van der Waals surface area contributed by atoms with Gasteiger partial charge < -0.3 is 31.1 Å². The Kier molecular flexibility index (Phi) is 6.92. The van der Waals surface area contributed by atoms with Crippen molar-refractivity contribution in [1.29, 1.82) is 0 Å². The number of ketones is 2. The molecular weight excluding hydrogens is 490 g/mol. The molecule has 10 heteroatoms. The minimum atomic E-state index is -2.65. The maximum Gasteiger partial charge on any atom is 0.255 e. The lowest BCUT2D eigenvalue weighted by molar-refractivity contribution is -0.153. The molecule has 4 rings (SSSR count). The topological polar surface area (TPSA) is 165 Å². The summed E-state index contributed by atoms with van der Waals surface area (Å²) in [4.78, 5) is 42.6. The molecule has 3 aliphatic carbocycles. The molecule has 3 aliphatic rings. The van der Waals surface area contributed by atoms with Crippen LogP contribution >= 0.6 is 0 Å². The van der Waals surface area contributed by atoms with Gasteiger partial charge in [0.1, 0.15) is 22.8 Å². The second kappa shape index (κ2) is 9.59. The monoisotopic (exact) mass is 525 g/mol. The van der Waals surface area contributed by atoms with Crippen LogP contribution in [-0.4, -0.2) is 82.6 Å². The van der Waals surface area contributed by atoms with Crippen molar-refractivity contribution in [2.75, 3.05) is 33.1 Å². The van der Waals surface area contributed by atoms with Gasteiger partial charge in [0.25, 0.3) is 5.91 Å². The third-order valence-electron chi connectivity index (χ3n) is 7.96. The Balaban J connectivity index is 1.98. The molecule has 0 heterocycles. The normalized spacial score (nSPS) is 27.1. The number of phenols is 1. The number of hydrogen-bond acceptors (Lipinski definition) is 9. The van der Waals surface area contributed by atoms with E-state index in [1.54, 1.807) is 20.2 Å². The van der Waals surface area contributed by atoms with Gasteiger partial charge in [-0.1, -0.05) is 25.5 Å². The van der Waals surface area contributed by atoms with Gasteiger partial charge in [-0.3, -0.25) is 19.3 Å². The molecule has 1 fully saturated rings. The molecule has 1 aromatic rings. The van der Waals surface area contributed by atoms with Crippen molar-refractivity contribution < 1.29 is 34.8 Å². The first kappa shape index (κ1) is 27.4. The van der Waals surface area contributed by atoms with Crippen molar-refractivity contribution in [3.8, 4) is 5.75 Å². The number of primary amides is 1. The Morgan fingerprint density at radius 3 is 2.39 bits per heavy atom. The van der Waals surface area contributed by atoms with Crippen molar-refractivity contribution in [2.24, 2.45) is 17.6 Å². The molecular formula is C28H35N3O7. The number of likely N-dealkylation sites (N-methyl/N-ethyl adjacent to an activating group) is 1. The number of fused-ring (bicyclic) bond motifs is 3. The second-order valence-electron chi connectivity index (χ2n) is 10.7. The molecule has 38 heavy (non-hydrogen) atoms. The van der Waals surface area contributed by atoms with E-state index in [9.17, 15) is 34.8 Å². The predicted molar refractivity (Wildman–Crippen MR) is 143 cm³/mol. The highest BCUT2D eigenvalue weighted by molar-refractivity contribution is 6.24. The van der Waals surface area contributed by atoms with Crippen molar-refractivity contribution in [3.05, 3.63) is 45.7 Å². The van der Waals surface area contributed by atoms with E-state index >= 15 is 0 Å².